The van der Waals surface area contributed by atoms with Gasteiger partial charge in [0.1, 0.15) is 5.75 Å². The van der Waals surface area contributed by atoms with Crippen molar-refractivity contribution in [1.29, 1.82) is 0 Å². The van der Waals surface area contributed by atoms with E-state index in [9.17, 15) is 5.11 Å². The minimum atomic E-state index is -0.458. The second-order valence-electron chi connectivity index (χ2n) is 7.46. The van der Waals surface area contributed by atoms with Crippen LogP contribution in [0.3, 0.4) is 0 Å². The van der Waals surface area contributed by atoms with E-state index in [2.05, 4.69) is 34.9 Å². The highest BCUT2D eigenvalue weighted by Crippen LogP contribution is 2.28. The molecule has 2 unspecified atom stereocenters. The van der Waals surface area contributed by atoms with E-state index in [0.29, 0.717) is 25.7 Å². The number of ether oxygens (including phenoxy) is 2. The molecule has 0 saturated carbocycles. The van der Waals surface area contributed by atoms with Gasteiger partial charge in [0.15, 0.2) is 0 Å². The van der Waals surface area contributed by atoms with Crippen LogP contribution >= 0.6 is 24.8 Å². The van der Waals surface area contributed by atoms with E-state index < -0.39 is 6.10 Å². The lowest BCUT2D eigenvalue weighted by Crippen LogP contribution is -2.49. The molecule has 0 amide bonds. The lowest BCUT2D eigenvalue weighted by molar-refractivity contribution is 0.0123. The zero-order valence-electron chi connectivity index (χ0n) is 17.8. The van der Waals surface area contributed by atoms with Gasteiger partial charge in [-0.3, -0.25) is 4.90 Å². The number of piperazine rings is 1. The Balaban J connectivity index is 0.00000225. The summed E-state index contributed by atoms with van der Waals surface area (Å²) < 4.78 is 11.2. The number of nitrogens with zero attached hydrogens (tertiary/aromatic N) is 2. The molecule has 0 aliphatic carbocycles. The van der Waals surface area contributed by atoms with Gasteiger partial charge < -0.3 is 19.5 Å². The number of benzene rings is 2. The molecule has 2 atom stereocenters. The number of halogens is 2. The highest BCUT2D eigenvalue weighted by molar-refractivity contribution is 5.85. The number of aliphatic hydroxyl groups is 1. The summed E-state index contributed by atoms with van der Waals surface area (Å²) in [4.78, 5) is 4.65. The van der Waals surface area contributed by atoms with Crippen molar-refractivity contribution in [3.63, 3.8) is 0 Å². The van der Waals surface area contributed by atoms with E-state index in [4.69, 9.17) is 9.47 Å². The molecule has 1 heterocycles. The Morgan fingerprint density at radius 1 is 0.900 bits per heavy atom. The third-order valence-electron chi connectivity index (χ3n) is 5.31. The van der Waals surface area contributed by atoms with E-state index in [1.165, 1.54) is 5.56 Å². The highest BCUT2D eigenvalue weighted by atomic mass is 35.5. The van der Waals surface area contributed by atoms with Gasteiger partial charge in [-0.25, -0.2) is 0 Å². The maximum Gasteiger partial charge on any atom is 0.142 e. The fourth-order valence-corrected chi connectivity index (χ4v) is 3.67. The molecule has 0 bridgehead atoms. The van der Waals surface area contributed by atoms with Crippen molar-refractivity contribution >= 4 is 30.5 Å². The number of hydrogen-bond acceptors (Lipinski definition) is 5. The molecule has 0 aromatic heterocycles. The van der Waals surface area contributed by atoms with Gasteiger partial charge in [0.2, 0.25) is 0 Å². The van der Waals surface area contributed by atoms with Gasteiger partial charge in [-0.15, -0.1) is 24.8 Å². The molecule has 1 N–H and O–H groups in total. The third kappa shape index (κ3) is 7.64. The van der Waals surface area contributed by atoms with Crippen molar-refractivity contribution in [2.24, 2.45) is 0 Å². The highest BCUT2D eigenvalue weighted by Gasteiger charge is 2.21. The Morgan fingerprint density at radius 2 is 1.53 bits per heavy atom. The summed E-state index contributed by atoms with van der Waals surface area (Å²) in [5.41, 5.74) is 2.41. The fraction of sp³-hybridized carbons (Fsp3) is 0.478. The van der Waals surface area contributed by atoms with E-state index in [-0.39, 0.29) is 24.8 Å². The van der Waals surface area contributed by atoms with E-state index in [1.54, 1.807) is 7.11 Å². The molecule has 5 nitrogen and oxygen atoms in total. The van der Waals surface area contributed by atoms with Crippen molar-refractivity contribution in [2.75, 3.05) is 57.9 Å². The van der Waals surface area contributed by atoms with Crippen LogP contribution in [0.2, 0.25) is 0 Å². The Hall–Kier alpha value is -1.50. The average Bonchev–Trinajstić information content (AvgIpc) is 2.75. The van der Waals surface area contributed by atoms with Gasteiger partial charge in [-0.1, -0.05) is 49.4 Å². The number of rotatable bonds is 9. The summed E-state index contributed by atoms with van der Waals surface area (Å²) in [5.74, 6) is 1.25. The third-order valence-corrected chi connectivity index (χ3v) is 5.31. The average molecular weight is 457 g/mol. The lowest BCUT2D eigenvalue weighted by atomic mass is 10.0. The topological polar surface area (TPSA) is 45.2 Å². The predicted octanol–water partition coefficient (Wildman–Crippen LogP) is 3.84. The molecule has 0 radical (unpaired) electrons. The molecule has 168 valence electrons. The number of para-hydroxylation sites is 2. The van der Waals surface area contributed by atoms with Crippen molar-refractivity contribution in [3.05, 3.63) is 60.2 Å². The largest absolute Gasteiger partial charge is 0.495 e. The summed E-state index contributed by atoms with van der Waals surface area (Å²) in [7, 11) is 1.71. The second-order valence-corrected chi connectivity index (χ2v) is 7.46. The molecule has 1 saturated heterocycles. The second kappa shape index (κ2) is 13.7. The molecule has 0 spiro atoms. The van der Waals surface area contributed by atoms with Crippen molar-refractivity contribution in [3.8, 4) is 5.75 Å². The molecule has 30 heavy (non-hydrogen) atoms. The molecule has 2 aromatic carbocycles. The summed E-state index contributed by atoms with van der Waals surface area (Å²) in [6, 6.07) is 18.5. The van der Waals surface area contributed by atoms with Crippen LogP contribution in [0.5, 0.6) is 5.75 Å². The molecule has 1 aliphatic heterocycles. The van der Waals surface area contributed by atoms with Crippen LogP contribution in [0.4, 0.5) is 5.69 Å². The predicted molar refractivity (Wildman–Crippen MR) is 128 cm³/mol. The van der Waals surface area contributed by atoms with Crippen LogP contribution in [-0.2, 0) is 4.74 Å². The molecule has 3 rings (SSSR count). The smallest absolute Gasteiger partial charge is 0.142 e. The van der Waals surface area contributed by atoms with Crippen LogP contribution in [0.1, 0.15) is 18.4 Å². The first-order valence-electron chi connectivity index (χ1n) is 10.1. The quantitative estimate of drug-likeness (QED) is 0.620. The van der Waals surface area contributed by atoms with Crippen LogP contribution in [0.25, 0.3) is 0 Å². The molecule has 7 heteroatoms. The summed E-state index contributed by atoms with van der Waals surface area (Å²) in [5, 5.41) is 10.3. The number of hydrogen-bond donors (Lipinski definition) is 1. The maximum atomic E-state index is 10.3. The first-order chi connectivity index (χ1) is 13.7. The molecule has 1 fully saturated rings. The summed E-state index contributed by atoms with van der Waals surface area (Å²) in [6.45, 7) is 7.52. The van der Waals surface area contributed by atoms with Gasteiger partial charge in [-0.2, -0.15) is 0 Å². The Labute approximate surface area is 192 Å². The van der Waals surface area contributed by atoms with Crippen LogP contribution in [-0.4, -0.2) is 69.2 Å². The first kappa shape index (κ1) is 26.5. The van der Waals surface area contributed by atoms with Gasteiger partial charge in [-0.05, 0) is 17.7 Å². The fourth-order valence-electron chi connectivity index (χ4n) is 3.67. The van der Waals surface area contributed by atoms with Crippen molar-refractivity contribution < 1.29 is 14.6 Å². The summed E-state index contributed by atoms with van der Waals surface area (Å²) >= 11 is 0. The first-order valence-corrected chi connectivity index (χ1v) is 10.1. The van der Waals surface area contributed by atoms with E-state index in [0.717, 1.165) is 37.6 Å². The number of β-amino-alcohol motifs (C(OH)–C–C–N with tert-alkyl or cyclic N) is 1. The normalized spacial score (nSPS) is 16.2. The van der Waals surface area contributed by atoms with Gasteiger partial charge in [0, 0.05) is 38.6 Å². The minimum absolute atomic E-state index is 0. The Kier molecular flexibility index (Phi) is 12.1. The molecule has 1 aliphatic rings. The Morgan fingerprint density at radius 3 is 2.20 bits per heavy atom. The summed E-state index contributed by atoms with van der Waals surface area (Å²) in [6.07, 6.45) is -0.458. The Bertz CT molecular complexity index is 713. The van der Waals surface area contributed by atoms with E-state index in [1.807, 2.05) is 36.4 Å². The van der Waals surface area contributed by atoms with Crippen LogP contribution in [0, 0.1) is 0 Å². The van der Waals surface area contributed by atoms with Crippen molar-refractivity contribution in [1.82, 2.24) is 4.90 Å². The van der Waals surface area contributed by atoms with Gasteiger partial charge in [0.05, 0.1) is 32.1 Å². The zero-order chi connectivity index (χ0) is 19.8. The number of methoxy groups -OCH3 is 1. The maximum absolute atomic E-state index is 10.3. The lowest BCUT2D eigenvalue weighted by Gasteiger charge is -2.37. The van der Waals surface area contributed by atoms with Gasteiger partial charge in [0.25, 0.3) is 0 Å². The van der Waals surface area contributed by atoms with Crippen LogP contribution < -0.4 is 9.64 Å². The molecular formula is C23H34Cl2N2O3. The number of anilines is 1. The number of aliphatic hydroxyl groups excluding tert-OH is 1. The van der Waals surface area contributed by atoms with Crippen molar-refractivity contribution in [2.45, 2.75) is 18.9 Å². The standard InChI is InChI=1S/C23H32N2O3.2ClH/c1-19(20-8-4-3-5-9-20)17-28-18-21(26)16-24-12-14-25(15-13-24)22-10-6-7-11-23(22)27-2;;/h3-11,19,21,26H,12-18H2,1-2H3;2*1H. The van der Waals surface area contributed by atoms with E-state index >= 15 is 0 Å². The van der Waals surface area contributed by atoms with Gasteiger partial charge >= 0.3 is 0 Å². The SMILES string of the molecule is COc1ccccc1N1CCN(CC(O)COCC(C)c2ccccc2)CC1.Cl.Cl. The molecular weight excluding hydrogens is 423 g/mol. The monoisotopic (exact) mass is 456 g/mol. The minimum Gasteiger partial charge on any atom is -0.495 e. The zero-order valence-corrected chi connectivity index (χ0v) is 19.4. The molecule has 2 aromatic rings. The van der Waals surface area contributed by atoms with Crippen LogP contribution in [0.15, 0.2) is 54.6 Å².